The number of aromatic nitrogens is 4. The Balaban J connectivity index is 1.98. The summed E-state index contributed by atoms with van der Waals surface area (Å²) in [5, 5.41) is 8.92. The first-order valence-corrected chi connectivity index (χ1v) is 7.83. The molecule has 6 heteroatoms. The largest absolute Gasteiger partial charge is 0.302 e. The van der Waals surface area contributed by atoms with Crippen LogP contribution in [0.1, 0.15) is 48.2 Å². The maximum Gasteiger partial charge on any atom is 0.140 e. The van der Waals surface area contributed by atoms with Crippen LogP contribution in [0.3, 0.4) is 0 Å². The molecule has 5 nitrogen and oxygen atoms in total. The van der Waals surface area contributed by atoms with E-state index in [0.29, 0.717) is 5.92 Å². The minimum atomic E-state index is 0.283. The van der Waals surface area contributed by atoms with Crippen molar-refractivity contribution in [3.8, 4) is 0 Å². The predicted molar refractivity (Wildman–Crippen MR) is 81.7 cm³/mol. The van der Waals surface area contributed by atoms with E-state index in [1.165, 1.54) is 4.88 Å². The second kappa shape index (κ2) is 6.45. The monoisotopic (exact) mass is 293 g/mol. The maximum atomic E-state index is 4.48. The van der Waals surface area contributed by atoms with Crippen LogP contribution in [-0.2, 0) is 13.1 Å². The van der Waals surface area contributed by atoms with Gasteiger partial charge in [-0.15, -0.1) is 11.3 Å². The summed E-state index contributed by atoms with van der Waals surface area (Å²) in [4.78, 5) is 10.1. The van der Waals surface area contributed by atoms with Crippen LogP contribution in [0, 0.1) is 19.8 Å². The standard InChI is InChI=1S/C14H23N5S/c1-9(2)7-19-13(16-8-17-19)6-15-10(3)14-11(4)18-12(5)20-14/h8-10,15H,6-7H2,1-5H3. The van der Waals surface area contributed by atoms with Gasteiger partial charge >= 0.3 is 0 Å². The molecule has 1 atom stereocenters. The Morgan fingerprint density at radius 2 is 2.05 bits per heavy atom. The Bertz CT molecular complexity index is 558. The Labute approximate surface area is 124 Å². The van der Waals surface area contributed by atoms with Gasteiger partial charge in [0.15, 0.2) is 0 Å². The molecule has 0 radical (unpaired) electrons. The zero-order chi connectivity index (χ0) is 14.7. The molecule has 110 valence electrons. The molecule has 0 spiro atoms. The number of hydrogen-bond donors (Lipinski definition) is 1. The number of rotatable bonds is 6. The summed E-state index contributed by atoms with van der Waals surface area (Å²) in [6.07, 6.45) is 1.63. The van der Waals surface area contributed by atoms with E-state index in [2.05, 4.69) is 48.1 Å². The average molecular weight is 293 g/mol. The minimum Gasteiger partial charge on any atom is -0.302 e. The van der Waals surface area contributed by atoms with Crippen molar-refractivity contribution in [1.82, 2.24) is 25.1 Å². The van der Waals surface area contributed by atoms with Gasteiger partial charge in [-0.3, -0.25) is 0 Å². The van der Waals surface area contributed by atoms with Gasteiger partial charge in [-0.2, -0.15) is 5.10 Å². The van der Waals surface area contributed by atoms with Crippen LogP contribution < -0.4 is 5.32 Å². The van der Waals surface area contributed by atoms with Crippen molar-refractivity contribution in [2.45, 2.75) is 53.8 Å². The van der Waals surface area contributed by atoms with Crippen LogP contribution in [0.15, 0.2) is 6.33 Å². The summed E-state index contributed by atoms with van der Waals surface area (Å²) in [5.41, 5.74) is 1.12. The van der Waals surface area contributed by atoms with Gasteiger partial charge in [-0.05, 0) is 26.7 Å². The van der Waals surface area contributed by atoms with Gasteiger partial charge in [-0.1, -0.05) is 13.8 Å². The molecular formula is C14H23N5S. The molecule has 0 aliphatic carbocycles. The van der Waals surface area contributed by atoms with Gasteiger partial charge in [0.1, 0.15) is 12.2 Å². The third-order valence-electron chi connectivity index (χ3n) is 3.13. The number of nitrogens with one attached hydrogen (secondary N) is 1. The molecule has 0 aliphatic rings. The van der Waals surface area contributed by atoms with Gasteiger partial charge in [0.05, 0.1) is 17.2 Å². The van der Waals surface area contributed by atoms with Crippen molar-refractivity contribution in [1.29, 1.82) is 0 Å². The van der Waals surface area contributed by atoms with Crippen molar-refractivity contribution in [3.05, 3.63) is 27.7 Å². The van der Waals surface area contributed by atoms with E-state index in [1.54, 1.807) is 17.7 Å². The number of thiazole rings is 1. The molecule has 0 amide bonds. The summed E-state index contributed by atoms with van der Waals surface area (Å²) in [5.74, 6) is 1.56. The van der Waals surface area contributed by atoms with Crippen LogP contribution in [0.25, 0.3) is 0 Å². The van der Waals surface area contributed by atoms with Crippen LogP contribution >= 0.6 is 11.3 Å². The molecule has 1 N–H and O–H groups in total. The Hall–Kier alpha value is -1.27. The maximum absolute atomic E-state index is 4.48. The molecule has 0 saturated heterocycles. The zero-order valence-electron chi connectivity index (χ0n) is 12.8. The van der Waals surface area contributed by atoms with E-state index in [1.807, 2.05) is 11.6 Å². The fourth-order valence-corrected chi connectivity index (χ4v) is 3.16. The van der Waals surface area contributed by atoms with E-state index in [-0.39, 0.29) is 6.04 Å². The van der Waals surface area contributed by atoms with E-state index in [0.717, 1.165) is 29.6 Å². The summed E-state index contributed by atoms with van der Waals surface area (Å²) in [6.45, 7) is 12.3. The van der Waals surface area contributed by atoms with Crippen molar-refractivity contribution in [3.63, 3.8) is 0 Å². The van der Waals surface area contributed by atoms with E-state index in [9.17, 15) is 0 Å². The molecule has 1 unspecified atom stereocenters. The van der Waals surface area contributed by atoms with Crippen molar-refractivity contribution in [2.75, 3.05) is 0 Å². The summed E-state index contributed by atoms with van der Waals surface area (Å²) in [7, 11) is 0. The Morgan fingerprint density at radius 3 is 2.65 bits per heavy atom. The molecule has 0 aliphatic heterocycles. The van der Waals surface area contributed by atoms with Crippen LogP contribution in [-0.4, -0.2) is 19.7 Å². The van der Waals surface area contributed by atoms with Crippen molar-refractivity contribution < 1.29 is 0 Å². The van der Waals surface area contributed by atoms with Crippen LogP contribution in [0.2, 0.25) is 0 Å². The van der Waals surface area contributed by atoms with Gasteiger partial charge < -0.3 is 5.32 Å². The Kier molecular flexibility index (Phi) is 4.88. The lowest BCUT2D eigenvalue weighted by Crippen LogP contribution is -2.21. The van der Waals surface area contributed by atoms with E-state index < -0.39 is 0 Å². The van der Waals surface area contributed by atoms with Crippen LogP contribution in [0.5, 0.6) is 0 Å². The predicted octanol–water partition coefficient (Wildman–Crippen LogP) is 2.86. The lowest BCUT2D eigenvalue weighted by molar-refractivity contribution is 0.450. The molecule has 2 aromatic rings. The van der Waals surface area contributed by atoms with Gasteiger partial charge in [-0.25, -0.2) is 14.6 Å². The molecule has 0 saturated carbocycles. The first-order valence-electron chi connectivity index (χ1n) is 7.01. The molecule has 2 aromatic heterocycles. The number of hydrogen-bond acceptors (Lipinski definition) is 5. The fourth-order valence-electron chi connectivity index (χ4n) is 2.21. The highest BCUT2D eigenvalue weighted by atomic mass is 32.1. The highest BCUT2D eigenvalue weighted by Gasteiger charge is 2.14. The molecule has 2 rings (SSSR count). The lowest BCUT2D eigenvalue weighted by Gasteiger charge is -2.14. The lowest BCUT2D eigenvalue weighted by atomic mass is 10.2. The normalized spacial score (nSPS) is 13.1. The molecule has 20 heavy (non-hydrogen) atoms. The van der Waals surface area contributed by atoms with Crippen molar-refractivity contribution in [2.24, 2.45) is 5.92 Å². The molecule has 0 bridgehead atoms. The van der Waals surface area contributed by atoms with Crippen molar-refractivity contribution >= 4 is 11.3 Å². The molecule has 0 aromatic carbocycles. The zero-order valence-corrected chi connectivity index (χ0v) is 13.7. The number of nitrogens with zero attached hydrogens (tertiary/aromatic N) is 4. The molecular weight excluding hydrogens is 270 g/mol. The third-order valence-corrected chi connectivity index (χ3v) is 4.39. The van der Waals surface area contributed by atoms with E-state index in [4.69, 9.17) is 0 Å². The summed E-state index contributed by atoms with van der Waals surface area (Å²) >= 11 is 1.76. The second-order valence-electron chi connectivity index (χ2n) is 5.54. The smallest absolute Gasteiger partial charge is 0.140 e. The molecule has 2 heterocycles. The van der Waals surface area contributed by atoms with Crippen LogP contribution in [0.4, 0.5) is 0 Å². The Morgan fingerprint density at radius 1 is 1.30 bits per heavy atom. The first-order chi connectivity index (χ1) is 9.47. The topological polar surface area (TPSA) is 55.6 Å². The fraction of sp³-hybridized carbons (Fsp3) is 0.643. The summed E-state index contributed by atoms with van der Waals surface area (Å²) < 4.78 is 1.98. The minimum absolute atomic E-state index is 0.283. The third kappa shape index (κ3) is 3.64. The first kappa shape index (κ1) is 15.1. The second-order valence-corrected chi connectivity index (χ2v) is 6.77. The van der Waals surface area contributed by atoms with Gasteiger partial charge in [0.2, 0.25) is 0 Å². The highest BCUT2D eigenvalue weighted by molar-refractivity contribution is 7.11. The molecule has 0 fully saturated rings. The SMILES string of the molecule is Cc1nc(C)c(C(C)NCc2ncnn2CC(C)C)s1. The summed E-state index contributed by atoms with van der Waals surface area (Å²) in [6, 6.07) is 0.283. The average Bonchev–Trinajstić information content (AvgIpc) is 2.92. The van der Waals surface area contributed by atoms with Gasteiger partial charge in [0, 0.05) is 17.5 Å². The van der Waals surface area contributed by atoms with Gasteiger partial charge in [0.25, 0.3) is 0 Å². The van der Waals surface area contributed by atoms with E-state index >= 15 is 0 Å². The quantitative estimate of drug-likeness (QED) is 0.890. The highest BCUT2D eigenvalue weighted by Crippen LogP contribution is 2.24. The number of aryl methyl sites for hydroxylation is 2.